The van der Waals surface area contributed by atoms with Crippen molar-refractivity contribution in [2.75, 3.05) is 34.3 Å². The summed E-state index contributed by atoms with van der Waals surface area (Å²) < 4.78 is 32.0. The number of hydrogen-bond donors (Lipinski definition) is 3. The molecule has 2 aromatic carbocycles. The van der Waals surface area contributed by atoms with Crippen LogP contribution in [0.25, 0.3) is 0 Å². The first kappa shape index (κ1) is 37.5. The smallest absolute Gasteiger partial charge is 0.255 e. The minimum absolute atomic E-state index is 0.0964. The number of benzene rings is 2. The first-order valence-corrected chi connectivity index (χ1v) is 17.4. The molecule has 0 aliphatic carbocycles. The summed E-state index contributed by atoms with van der Waals surface area (Å²) in [7, 11) is 1.05. The largest absolute Gasteiger partial charge is 0.491 e. The highest BCUT2D eigenvalue weighted by molar-refractivity contribution is 7.89. The molecule has 0 saturated heterocycles. The van der Waals surface area contributed by atoms with E-state index < -0.39 is 46.2 Å². The summed E-state index contributed by atoms with van der Waals surface area (Å²) in [5, 5.41) is 8.31. The number of nitrogens with zero attached hydrogens (tertiary/aromatic N) is 2. The van der Waals surface area contributed by atoms with E-state index in [0.717, 1.165) is 9.87 Å². The molecule has 1 aliphatic rings. The van der Waals surface area contributed by atoms with Gasteiger partial charge in [-0.05, 0) is 60.9 Å². The Balaban J connectivity index is 1.84. The fraction of sp³-hybridized carbons (Fsp3) is 0.529. The minimum atomic E-state index is -3.57. The van der Waals surface area contributed by atoms with Crippen LogP contribution in [-0.4, -0.2) is 93.7 Å². The molecule has 2 aromatic rings. The van der Waals surface area contributed by atoms with Crippen molar-refractivity contribution >= 4 is 33.7 Å². The second kappa shape index (κ2) is 16.7. The Kier molecular flexibility index (Phi) is 13.3. The molecule has 47 heavy (non-hydrogen) atoms. The second-order valence-electron chi connectivity index (χ2n) is 13.0. The van der Waals surface area contributed by atoms with Gasteiger partial charge in [-0.15, -0.1) is 0 Å². The maximum Gasteiger partial charge on any atom is 0.255 e. The van der Waals surface area contributed by atoms with Crippen LogP contribution in [0.2, 0.25) is 0 Å². The zero-order valence-electron chi connectivity index (χ0n) is 28.4. The third-order valence-electron chi connectivity index (χ3n) is 7.97. The van der Waals surface area contributed by atoms with Gasteiger partial charge in [0.2, 0.25) is 27.7 Å². The van der Waals surface area contributed by atoms with Gasteiger partial charge in [0, 0.05) is 27.7 Å². The molecule has 13 heteroatoms. The number of fused-ring (bicyclic) bond motifs is 1. The molecule has 0 saturated carbocycles. The average Bonchev–Trinajstić information content (AvgIpc) is 3.01. The maximum atomic E-state index is 13.8. The fourth-order valence-corrected chi connectivity index (χ4v) is 6.24. The van der Waals surface area contributed by atoms with Gasteiger partial charge >= 0.3 is 0 Å². The lowest BCUT2D eigenvalue weighted by atomic mass is 9.99. The first-order chi connectivity index (χ1) is 22.1. The Morgan fingerprint density at radius 2 is 1.62 bits per heavy atom. The Morgan fingerprint density at radius 1 is 0.979 bits per heavy atom. The van der Waals surface area contributed by atoms with Crippen molar-refractivity contribution in [3.63, 3.8) is 0 Å². The lowest BCUT2D eigenvalue weighted by Gasteiger charge is -2.33. The van der Waals surface area contributed by atoms with E-state index in [4.69, 9.17) is 4.74 Å². The summed E-state index contributed by atoms with van der Waals surface area (Å²) in [5.41, 5.74) is 0.988. The second-order valence-corrected chi connectivity index (χ2v) is 15.1. The average molecular weight is 672 g/mol. The SMILES string of the molecule is CC(C)C[C@H]1COc2ccccc2C(=O)N[C@H](C(=O)NCCc2ccc(S(=O)(=O)N(C)C)cc2)CC(=O)N[C@H](CC(C)C)C(=O)N1C. The van der Waals surface area contributed by atoms with Gasteiger partial charge in [0.15, 0.2) is 0 Å². The van der Waals surface area contributed by atoms with Gasteiger partial charge in [0.1, 0.15) is 24.4 Å². The summed E-state index contributed by atoms with van der Waals surface area (Å²) in [6, 6.07) is 10.6. The van der Waals surface area contributed by atoms with Crippen LogP contribution < -0.4 is 20.7 Å². The number of carbonyl (C=O) groups is 4. The Labute approximate surface area is 278 Å². The third-order valence-corrected chi connectivity index (χ3v) is 9.80. The molecule has 3 N–H and O–H groups in total. The molecule has 0 bridgehead atoms. The molecule has 258 valence electrons. The van der Waals surface area contributed by atoms with Crippen molar-refractivity contribution in [3.8, 4) is 5.75 Å². The molecular formula is C34H49N5O7S. The number of amides is 4. The van der Waals surface area contributed by atoms with Gasteiger partial charge in [0.25, 0.3) is 5.91 Å². The van der Waals surface area contributed by atoms with Crippen LogP contribution in [0.15, 0.2) is 53.4 Å². The number of likely N-dealkylation sites (N-methyl/N-ethyl adjacent to an activating group) is 1. The van der Waals surface area contributed by atoms with Gasteiger partial charge in [0.05, 0.1) is 22.9 Å². The van der Waals surface area contributed by atoms with Crippen molar-refractivity contribution < 1.29 is 32.3 Å². The molecule has 1 aliphatic heterocycles. The first-order valence-electron chi connectivity index (χ1n) is 16.0. The third kappa shape index (κ3) is 10.5. The summed E-state index contributed by atoms with van der Waals surface area (Å²) in [4.78, 5) is 55.9. The van der Waals surface area contributed by atoms with E-state index >= 15 is 0 Å². The zero-order chi connectivity index (χ0) is 34.9. The van der Waals surface area contributed by atoms with Crippen LogP contribution in [0.4, 0.5) is 0 Å². The van der Waals surface area contributed by atoms with Gasteiger partial charge < -0.3 is 25.6 Å². The Morgan fingerprint density at radius 3 is 2.23 bits per heavy atom. The van der Waals surface area contributed by atoms with E-state index in [1.165, 1.54) is 26.2 Å². The predicted molar refractivity (Wildman–Crippen MR) is 179 cm³/mol. The van der Waals surface area contributed by atoms with E-state index in [1.54, 1.807) is 48.3 Å². The highest BCUT2D eigenvalue weighted by Crippen LogP contribution is 2.22. The number of para-hydroxylation sites is 1. The van der Waals surface area contributed by atoms with Crippen molar-refractivity contribution in [1.29, 1.82) is 0 Å². The topological polar surface area (TPSA) is 154 Å². The molecule has 0 radical (unpaired) electrons. The van der Waals surface area contributed by atoms with E-state index in [0.29, 0.717) is 25.0 Å². The number of ether oxygens (including phenoxy) is 1. The number of carbonyl (C=O) groups excluding carboxylic acids is 4. The van der Waals surface area contributed by atoms with Crippen molar-refractivity contribution in [2.45, 2.75) is 76.4 Å². The van der Waals surface area contributed by atoms with E-state index in [2.05, 4.69) is 29.8 Å². The molecular weight excluding hydrogens is 622 g/mol. The number of nitrogens with one attached hydrogen (secondary N) is 3. The van der Waals surface area contributed by atoms with Gasteiger partial charge in [-0.1, -0.05) is 52.0 Å². The zero-order valence-corrected chi connectivity index (χ0v) is 29.2. The molecule has 4 amide bonds. The molecule has 0 fully saturated rings. The van der Waals surface area contributed by atoms with Gasteiger partial charge in [-0.3, -0.25) is 19.2 Å². The highest BCUT2D eigenvalue weighted by Gasteiger charge is 2.33. The van der Waals surface area contributed by atoms with Crippen LogP contribution >= 0.6 is 0 Å². The van der Waals surface area contributed by atoms with Crippen molar-refractivity contribution in [2.24, 2.45) is 11.8 Å². The molecule has 0 spiro atoms. The van der Waals surface area contributed by atoms with E-state index in [1.807, 2.05) is 13.8 Å². The van der Waals surface area contributed by atoms with E-state index in [9.17, 15) is 27.6 Å². The summed E-state index contributed by atoms with van der Waals surface area (Å²) >= 11 is 0. The van der Waals surface area contributed by atoms with Gasteiger partial charge in [-0.2, -0.15) is 0 Å². The standard InChI is InChI=1S/C34H49N5O7S/c1-22(2)18-25-21-46-30-11-9-8-10-27(30)32(41)37-28(20-31(40)36-29(19-23(3)4)34(43)39(25)7)33(42)35-17-16-24-12-14-26(15-13-24)47(44,45)38(5)6/h8-15,22-23,25,28-29H,16-21H2,1-7H3,(H,35,42)(H,36,40)(H,37,41)/t25-,28-,29+/m0/s1. The molecule has 3 atom stereocenters. The summed E-state index contributed by atoms with van der Waals surface area (Å²) in [5.74, 6) is -1.29. The minimum Gasteiger partial charge on any atom is -0.491 e. The van der Waals surface area contributed by atoms with Gasteiger partial charge in [-0.25, -0.2) is 12.7 Å². The van der Waals surface area contributed by atoms with Crippen LogP contribution in [-0.2, 0) is 30.8 Å². The lowest BCUT2D eigenvalue weighted by molar-refractivity contribution is -0.138. The molecule has 0 unspecified atom stereocenters. The number of sulfonamides is 1. The number of hydrogen-bond acceptors (Lipinski definition) is 7. The molecule has 3 rings (SSSR count). The van der Waals surface area contributed by atoms with Crippen LogP contribution in [0.3, 0.4) is 0 Å². The monoisotopic (exact) mass is 671 g/mol. The summed E-state index contributed by atoms with van der Waals surface area (Å²) in [6.45, 7) is 8.33. The maximum absolute atomic E-state index is 13.8. The Hall–Kier alpha value is -3.97. The van der Waals surface area contributed by atoms with Crippen LogP contribution in [0.5, 0.6) is 5.75 Å². The molecule has 0 aromatic heterocycles. The Bertz CT molecular complexity index is 1510. The van der Waals surface area contributed by atoms with E-state index in [-0.39, 0.29) is 47.4 Å². The normalized spacial score (nSPS) is 19.9. The quantitative estimate of drug-likeness (QED) is 0.351. The molecule has 1 heterocycles. The lowest BCUT2D eigenvalue weighted by Crippen LogP contribution is -2.54. The van der Waals surface area contributed by atoms with Crippen LogP contribution in [0, 0.1) is 11.8 Å². The molecule has 12 nitrogen and oxygen atoms in total. The summed E-state index contributed by atoms with van der Waals surface area (Å²) in [6.07, 6.45) is 1.04. The highest BCUT2D eigenvalue weighted by atomic mass is 32.2. The van der Waals surface area contributed by atoms with Crippen LogP contribution in [0.1, 0.15) is 62.9 Å². The van der Waals surface area contributed by atoms with Crippen molar-refractivity contribution in [3.05, 3.63) is 59.7 Å². The fourth-order valence-electron chi connectivity index (χ4n) is 5.34. The predicted octanol–water partition coefficient (Wildman–Crippen LogP) is 2.58. The number of rotatable bonds is 10. The van der Waals surface area contributed by atoms with Crippen molar-refractivity contribution in [1.82, 2.24) is 25.2 Å².